The van der Waals surface area contributed by atoms with E-state index in [2.05, 4.69) is 5.16 Å². The molecule has 0 aromatic rings. The lowest BCUT2D eigenvalue weighted by atomic mass is 9.77. The van der Waals surface area contributed by atoms with Gasteiger partial charge in [-0.15, -0.1) is 0 Å². The zero-order valence-corrected chi connectivity index (χ0v) is 11.5. The number of hydrogen-bond donors (Lipinski definition) is 2. The summed E-state index contributed by atoms with van der Waals surface area (Å²) in [4.78, 5) is 14.8. The highest BCUT2D eigenvalue weighted by Gasteiger charge is 2.49. The van der Waals surface area contributed by atoms with Crippen molar-refractivity contribution in [2.45, 2.75) is 37.9 Å². The van der Waals surface area contributed by atoms with Crippen LogP contribution in [0.1, 0.15) is 25.7 Å². The van der Waals surface area contributed by atoms with Crippen LogP contribution in [0.3, 0.4) is 0 Å². The Hall–Kier alpha value is -1.34. The van der Waals surface area contributed by atoms with Gasteiger partial charge in [-0.2, -0.15) is 0 Å². The van der Waals surface area contributed by atoms with Crippen molar-refractivity contribution >= 4 is 11.7 Å². The summed E-state index contributed by atoms with van der Waals surface area (Å²) in [5, 5.41) is 12.2. The number of ether oxygens (including phenoxy) is 2. The largest absolute Gasteiger partial charge is 0.409 e. The molecule has 3 fully saturated rings. The van der Waals surface area contributed by atoms with E-state index in [1.807, 2.05) is 4.90 Å². The average molecular weight is 283 g/mol. The van der Waals surface area contributed by atoms with Crippen molar-refractivity contribution in [3.63, 3.8) is 0 Å². The summed E-state index contributed by atoms with van der Waals surface area (Å²) in [7, 11) is 0. The molecule has 0 aromatic carbocycles. The fourth-order valence-corrected chi connectivity index (χ4v) is 3.48. The van der Waals surface area contributed by atoms with E-state index in [0.717, 1.165) is 12.8 Å². The molecule has 0 radical (unpaired) electrons. The van der Waals surface area contributed by atoms with Gasteiger partial charge in [-0.3, -0.25) is 4.79 Å². The second-order valence-electron chi connectivity index (χ2n) is 5.85. The lowest BCUT2D eigenvalue weighted by Gasteiger charge is -2.41. The lowest BCUT2D eigenvalue weighted by molar-refractivity contribution is -0.151. The summed E-state index contributed by atoms with van der Waals surface area (Å²) in [6.45, 7) is 2.13. The molecular formula is C13H21N3O4. The number of amides is 1. The van der Waals surface area contributed by atoms with Gasteiger partial charge in [-0.1, -0.05) is 5.16 Å². The Morgan fingerprint density at radius 2 is 1.85 bits per heavy atom. The predicted octanol–water partition coefficient (Wildman–Crippen LogP) is -0.0806. The van der Waals surface area contributed by atoms with Crippen LogP contribution in [0.25, 0.3) is 0 Å². The fourth-order valence-electron chi connectivity index (χ4n) is 3.48. The molecule has 0 saturated carbocycles. The van der Waals surface area contributed by atoms with Crippen molar-refractivity contribution in [1.29, 1.82) is 0 Å². The second kappa shape index (κ2) is 5.21. The van der Waals surface area contributed by atoms with Crippen LogP contribution in [-0.2, 0) is 14.3 Å². The highest BCUT2D eigenvalue weighted by molar-refractivity contribution is 6.06. The van der Waals surface area contributed by atoms with E-state index >= 15 is 0 Å². The van der Waals surface area contributed by atoms with Crippen LogP contribution in [0.15, 0.2) is 5.16 Å². The first-order valence-electron chi connectivity index (χ1n) is 7.16. The maximum Gasteiger partial charge on any atom is 0.236 e. The van der Waals surface area contributed by atoms with Gasteiger partial charge in [0, 0.05) is 26.3 Å². The SMILES string of the molecule is NC(=NO)C1(C(=O)N2CC3CCC(C2)O3)CCOCC1. The molecule has 0 aromatic heterocycles. The van der Waals surface area contributed by atoms with Gasteiger partial charge in [0.1, 0.15) is 5.41 Å². The summed E-state index contributed by atoms with van der Waals surface area (Å²) in [5.74, 6) is -0.0408. The molecule has 1 amide bonds. The van der Waals surface area contributed by atoms with Crippen LogP contribution in [0.4, 0.5) is 0 Å². The second-order valence-corrected chi connectivity index (χ2v) is 5.85. The third-order valence-electron chi connectivity index (χ3n) is 4.68. The molecule has 3 heterocycles. The molecule has 2 bridgehead atoms. The zero-order chi connectivity index (χ0) is 14.2. The van der Waals surface area contributed by atoms with E-state index in [4.69, 9.17) is 20.4 Å². The molecule has 2 unspecified atom stereocenters. The minimum atomic E-state index is -0.913. The molecule has 0 spiro atoms. The molecule has 20 heavy (non-hydrogen) atoms. The predicted molar refractivity (Wildman–Crippen MR) is 70.4 cm³/mol. The number of morpholine rings is 1. The summed E-state index contributed by atoms with van der Waals surface area (Å²) in [5.41, 5.74) is 4.93. The van der Waals surface area contributed by atoms with Gasteiger partial charge in [0.25, 0.3) is 0 Å². The molecule has 3 aliphatic heterocycles. The number of nitrogens with zero attached hydrogens (tertiary/aromatic N) is 2. The first-order chi connectivity index (χ1) is 9.65. The van der Waals surface area contributed by atoms with Gasteiger partial charge in [0.15, 0.2) is 5.84 Å². The molecule has 7 nitrogen and oxygen atoms in total. The molecule has 112 valence electrons. The van der Waals surface area contributed by atoms with Gasteiger partial charge in [0.2, 0.25) is 5.91 Å². The number of oxime groups is 1. The monoisotopic (exact) mass is 283 g/mol. The number of fused-ring (bicyclic) bond motifs is 2. The van der Waals surface area contributed by atoms with Crippen molar-refractivity contribution in [1.82, 2.24) is 4.90 Å². The van der Waals surface area contributed by atoms with E-state index in [9.17, 15) is 4.79 Å². The normalized spacial score (nSPS) is 33.2. The number of carbonyl (C=O) groups excluding carboxylic acids is 1. The van der Waals surface area contributed by atoms with Crippen LogP contribution in [0.5, 0.6) is 0 Å². The maximum atomic E-state index is 12.9. The Morgan fingerprint density at radius 3 is 2.40 bits per heavy atom. The first kappa shape index (κ1) is 13.6. The summed E-state index contributed by atoms with van der Waals surface area (Å²) in [6.07, 6.45) is 3.23. The van der Waals surface area contributed by atoms with Crippen molar-refractivity contribution < 1.29 is 19.5 Å². The third-order valence-corrected chi connectivity index (χ3v) is 4.68. The molecule has 3 aliphatic rings. The first-order valence-corrected chi connectivity index (χ1v) is 7.16. The highest BCUT2D eigenvalue weighted by atomic mass is 16.5. The number of hydrogen-bond acceptors (Lipinski definition) is 5. The van der Waals surface area contributed by atoms with E-state index in [-0.39, 0.29) is 24.0 Å². The minimum Gasteiger partial charge on any atom is -0.409 e. The van der Waals surface area contributed by atoms with Crippen LogP contribution >= 0.6 is 0 Å². The quantitative estimate of drug-likeness (QED) is 0.320. The van der Waals surface area contributed by atoms with Gasteiger partial charge >= 0.3 is 0 Å². The van der Waals surface area contributed by atoms with Gasteiger partial charge < -0.3 is 25.3 Å². The van der Waals surface area contributed by atoms with Crippen LogP contribution in [0, 0.1) is 5.41 Å². The van der Waals surface area contributed by atoms with E-state index in [0.29, 0.717) is 39.1 Å². The Labute approximate surface area is 117 Å². The van der Waals surface area contributed by atoms with Crippen molar-refractivity contribution in [2.24, 2.45) is 16.3 Å². The number of nitrogens with two attached hydrogens (primary N) is 1. The van der Waals surface area contributed by atoms with Crippen LogP contribution < -0.4 is 5.73 Å². The van der Waals surface area contributed by atoms with Crippen LogP contribution in [-0.4, -0.2) is 60.4 Å². The molecule has 2 atom stereocenters. The average Bonchev–Trinajstić information content (AvgIpc) is 2.84. The van der Waals surface area contributed by atoms with E-state index in [1.165, 1.54) is 0 Å². The minimum absolute atomic E-state index is 0.00430. The fraction of sp³-hybridized carbons (Fsp3) is 0.846. The number of carbonyl (C=O) groups is 1. The summed E-state index contributed by atoms with van der Waals surface area (Å²) in [6, 6.07) is 0. The summed E-state index contributed by atoms with van der Waals surface area (Å²) < 4.78 is 11.1. The smallest absolute Gasteiger partial charge is 0.236 e. The third kappa shape index (κ3) is 2.14. The Bertz CT molecular complexity index is 408. The maximum absolute atomic E-state index is 12.9. The van der Waals surface area contributed by atoms with Crippen molar-refractivity contribution in [3.8, 4) is 0 Å². The van der Waals surface area contributed by atoms with Gasteiger partial charge in [0.05, 0.1) is 12.2 Å². The van der Waals surface area contributed by atoms with Gasteiger partial charge in [-0.25, -0.2) is 0 Å². The number of rotatable bonds is 2. The Morgan fingerprint density at radius 1 is 1.25 bits per heavy atom. The standard InChI is InChI=1S/C13H21N3O4/c14-11(15-18)13(3-5-19-6-4-13)12(17)16-7-9-1-2-10(8-16)20-9/h9-10,18H,1-8H2,(H2,14,15). The van der Waals surface area contributed by atoms with E-state index in [1.54, 1.807) is 0 Å². The van der Waals surface area contributed by atoms with Crippen LogP contribution in [0.2, 0.25) is 0 Å². The Balaban J connectivity index is 1.82. The summed E-state index contributed by atoms with van der Waals surface area (Å²) >= 11 is 0. The molecule has 3 saturated heterocycles. The lowest BCUT2D eigenvalue weighted by Crippen LogP contribution is -2.57. The zero-order valence-electron chi connectivity index (χ0n) is 11.5. The van der Waals surface area contributed by atoms with E-state index < -0.39 is 5.41 Å². The number of likely N-dealkylation sites (tertiary alicyclic amines) is 1. The molecule has 0 aliphatic carbocycles. The number of amidine groups is 1. The van der Waals surface area contributed by atoms with Crippen molar-refractivity contribution in [3.05, 3.63) is 0 Å². The molecular weight excluding hydrogens is 262 g/mol. The highest BCUT2D eigenvalue weighted by Crippen LogP contribution is 2.36. The molecule has 7 heteroatoms. The van der Waals surface area contributed by atoms with Gasteiger partial charge in [-0.05, 0) is 25.7 Å². The van der Waals surface area contributed by atoms with Crippen molar-refractivity contribution in [2.75, 3.05) is 26.3 Å². The molecule has 3 N–H and O–H groups in total. The Kier molecular flexibility index (Phi) is 3.55. The topological polar surface area (TPSA) is 97.4 Å². The molecule has 3 rings (SSSR count).